The van der Waals surface area contributed by atoms with E-state index in [1.165, 1.54) is 34.9 Å². The van der Waals surface area contributed by atoms with Crippen molar-refractivity contribution in [2.45, 2.75) is 73.3 Å². The summed E-state index contributed by atoms with van der Waals surface area (Å²) in [4.78, 5) is 31.8. The predicted octanol–water partition coefficient (Wildman–Crippen LogP) is 4.02. The molecule has 34 heavy (non-hydrogen) atoms. The Bertz CT molecular complexity index is 1130. The number of thiophene rings is 1. The molecule has 5 rings (SSSR count). The summed E-state index contributed by atoms with van der Waals surface area (Å²) in [7, 11) is 0. The summed E-state index contributed by atoms with van der Waals surface area (Å²) in [6.45, 7) is 11.7. The van der Waals surface area contributed by atoms with Gasteiger partial charge in [-0.05, 0) is 67.8 Å². The largest absolute Gasteiger partial charge is 0.412 e. The molecule has 0 bridgehead atoms. The van der Waals surface area contributed by atoms with Gasteiger partial charge in [0.1, 0.15) is 4.83 Å². The Morgan fingerprint density at radius 2 is 1.88 bits per heavy atom. The molecular weight excluding hydrogens is 450 g/mol. The number of rotatable bonds is 2. The van der Waals surface area contributed by atoms with Crippen LogP contribution in [0.5, 0.6) is 0 Å². The van der Waals surface area contributed by atoms with E-state index in [0.29, 0.717) is 10.2 Å². The number of hydrogen-bond donors (Lipinski definition) is 3. The minimum Gasteiger partial charge on any atom is -0.412 e. The van der Waals surface area contributed by atoms with Gasteiger partial charge in [-0.1, -0.05) is 39.0 Å². The number of nitrogens with zero attached hydrogens (tertiary/aromatic N) is 1. The average Bonchev–Trinajstić information content (AvgIpc) is 3.42. The molecule has 7 nitrogen and oxygen atoms in total. The number of Topliss-reactive ketones (excluding diaryl/α,β-unsaturated/α-hetero) is 1. The van der Waals surface area contributed by atoms with Crippen molar-refractivity contribution in [2.75, 3.05) is 13.2 Å². The molecule has 5 N–H and O–H groups in total. The van der Waals surface area contributed by atoms with Crippen LogP contribution in [0.3, 0.4) is 0 Å². The van der Waals surface area contributed by atoms with Crippen molar-refractivity contribution < 1.29 is 16.8 Å². The van der Waals surface area contributed by atoms with Gasteiger partial charge in [0.15, 0.2) is 11.6 Å². The summed E-state index contributed by atoms with van der Waals surface area (Å²) in [5, 5.41) is 11.7. The van der Waals surface area contributed by atoms with Crippen LogP contribution in [0, 0.1) is 0 Å². The van der Waals surface area contributed by atoms with Crippen molar-refractivity contribution >= 4 is 27.3 Å². The lowest BCUT2D eigenvalue weighted by Crippen LogP contribution is -2.23. The zero-order valence-corrected chi connectivity index (χ0v) is 21.8. The molecule has 1 aliphatic carbocycles. The molecule has 1 aliphatic heterocycles. The zero-order chi connectivity index (χ0) is 24.4. The number of aliphatic hydroxyl groups is 1. The minimum absolute atomic E-state index is 0. The molecule has 3 aromatic rings. The Balaban J connectivity index is 0.000000546. The molecule has 0 amide bonds. The lowest BCUT2D eigenvalue weighted by Gasteiger charge is -2.17. The lowest BCUT2D eigenvalue weighted by atomic mass is 9.98. The SMILES string of the molecule is CC.CC(=O)c1nc2sc3c(c2c(=O)[nH]1)CCC3.CCO.CCc1ccc2c(c1)CNCC2.O.[HH]. The van der Waals surface area contributed by atoms with Gasteiger partial charge in [-0.25, -0.2) is 4.98 Å². The highest BCUT2D eigenvalue weighted by molar-refractivity contribution is 7.18. The van der Waals surface area contributed by atoms with E-state index in [0.717, 1.165) is 44.3 Å². The van der Waals surface area contributed by atoms with Crippen molar-refractivity contribution in [3.05, 3.63) is 61.5 Å². The fraction of sp³-hybridized carbons (Fsp3) is 0.500. The third kappa shape index (κ3) is 7.30. The number of fused-ring (bicyclic) bond motifs is 4. The van der Waals surface area contributed by atoms with E-state index in [2.05, 4.69) is 40.4 Å². The van der Waals surface area contributed by atoms with Crippen LogP contribution in [0.2, 0.25) is 0 Å². The fourth-order valence-electron chi connectivity index (χ4n) is 3.92. The zero-order valence-electron chi connectivity index (χ0n) is 21.0. The van der Waals surface area contributed by atoms with Gasteiger partial charge in [0.2, 0.25) is 0 Å². The monoisotopic (exact) mass is 491 g/mol. The van der Waals surface area contributed by atoms with Gasteiger partial charge in [-0.15, -0.1) is 11.3 Å². The molecule has 0 radical (unpaired) electrons. The van der Waals surface area contributed by atoms with Crippen LogP contribution in [-0.2, 0) is 32.2 Å². The molecule has 0 fully saturated rings. The normalized spacial score (nSPS) is 13.0. The molecular formula is C26H41N3O4S. The maximum Gasteiger partial charge on any atom is 0.260 e. The van der Waals surface area contributed by atoms with Crippen molar-refractivity contribution in [3.8, 4) is 0 Å². The molecule has 0 unspecified atom stereocenters. The Hall–Kier alpha value is -2.39. The van der Waals surface area contributed by atoms with Crippen LogP contribution in [0.1, 0.15) is 80.2 Å². The highest BCUT2D eigenvalue weighted by Gasteiger charge is 2.21. The summed E-state index contributed by atoms with van der Waals surface area (Å²) in [6, 6.07) is 6.88. The van der Waals surface area contributed by atoms with Gasteiger partial charge in [0, 0.05) is 26.4 Å². The predicted molar refractivity (Wildman–Crippen MR) is 143 cm³/mol. The second-order valence-corrected chi connectivity index (χ2v) is 8.79. The highest BCUT2D eigenvalue weighted by Crippen LogP contribution is 2.34. The van der Waals surface area contributed by atoms with Crippen LogP contribution < -0.4 is 10.9 Å². The van der Waals surface area contributed by atoms with Gasteiger partial charge in [-0.3, -0.25) is 9.59 Å². The fourth-order valence-corrected chi connectivity index (χ4v) is 5.18. The number of carbonyl (C=O) groups is 1. The van der Waals surface area contributed by atoms with E-state index in [-0.39, 0.29) is 30.7 Å². The van der Waals surface area contributed by atoms with Crippen LogP contribution >= 0.6 is 11.3 Å². The number of nitrogens with one attached hydrogen (secondary N) is 2. The molecule has 3 heterocycles. The first-order chi connectivity index (χ1) is 16.0. The van der Waals surface area contributed by atoms with Gasteiger partial charge in [0.25, 0.3) is 5.56 Å². The number of carbonyl (C=O) groups excluding carboxylic acids is 1. The van der Waals surface area contributed by atoms with E-state index in [1.807, 2.05) is 13.8 Å². The average molecular weight is 492 g/mol. The van der Waals surface area contributed by atoms with Gasteiger partial charge in [-0.2, -0.15) is 0 Å². The molecule has 1 aromatic carbocycles. The molecule has 0 atom stereocenters. The second kappa shape index (κ2) is 14.8. The quantitative estimate of drug-likeness (QED) is 0.467. The van der Waals surface area contributed by atoms with Gasteiger partial charge in [0.05, 0.1) is 5.39 Å². The lowest BCUT2D eigenvalue weighted by molar-refractivity contribution is 0.100. The summed E-state index contributed by atoms with van der Waals surface area (Å²) < 4.78 is 0. The topological polar surface area (TPSA) is 127 Å². The Morgan fingerprint density at radius 3 is 2.53 bits per heavy atom. The Morgan fingerprint density at radius 1 is 1.18 bits per heavy atom. The Kier molecular flexibility index (Phi) is 12.9. The number of aromatic amines is 1. The summed E-state index contributed by atoms with van der Waals surface area (Å²) >= 11 is 1.55. The molecule has 0 saturated heterocycles. The first kappa shape index (κ1) is 29.6. The van der Waals surface area contributed by atoms with Crippen LogP contribution in [0.4, 0.5) is 0 Å². The van der Waals surface area contributed by atoms with Crippen molar-refractivity contribution in [1.82, 2.24) is 15.3 Å². The molecule has 0 spiro atoms. The number of benzene rings is 1. The van der Waals surface area contributed by atoms with E-state index in [1.54, 1.807) is 18.3 Å². The molecule has 2 aliphatic rings. The third-order valence-corrected chi connectivity index (χ3v) is 6.66. The minimum atomic E-state index is -0.201. The summed E-state index contributed by atoms with van der Waals surface area (Å²) in [5.74, 6) is -0.0371. The number of hydrogen-bond acceptors (Lipinski definition) is 6. The summed E-state index contributed by atoms with van der Waals surface area (Å²) in [5.41, 5.74) is 5.46. The number of aryl methyl sites for hydroxylation is 3. The Labute approximate surface area is 207 Å². The third-order valence-electron chi connectivity index (χ3n) is 5.47. The van der Waals surface area contributed by atoms with E-state index >= 15 is 0 Å². The van der Waals surface area contributed by atoms with Crippen LogP contribution in [0.15, 0.2) is 23.0 Å². The van der Waals surface area contributed by atoms with Gasteiger partial charge >= 0.3 is 0 Å². The smallest absolute Gasteiger partial charge is 0.260 e. The number of ketones is 1. The maximum absolute atomic E-state index is 11.9. The van der Waals surface area contributed by atoms with E-state index < -0.39 is 0 Å². The molecule has 0 saturated carbocycles. The first-order valence-electron chi connectivity index (χ1n) is 12.0. The highest BCUT2D eigenvalue weighted by atomic mass is 32.1. The van der Waals surface area contributed by atoms with E-state index in [4.69, 9.17) is 5.11 Å². The molecule has 190 valence electrons. The molecule has 8 heteroatoms. The molecule has 2 aromatic heterocycles. The van der Waals surface area contributed by atoms with Crippen molar-refractivity contribution in [3.63, 3.8) is 0 Å². The van der Waals surface area contributed by atoms with E-state index in [9.17, 15) is 9.59 Å². The standard InChI is InChI=1S/C11H10N2O2S.C11H15N.C2H6O.C2H6.H2O.H2/c1-5(14)9-12-10(15)8-6-3-2-4-7(6)16-11(8)13-9;1-2-9-3-4-10-5-6-12-8-11(10)7-9;1-2-3;1-2;;/h2-4H2,1H3,(H,12,13,15);3-4,7,12H,2,5-6,8H2,1H3;3H,2H2,1H3;1-2H3;1H2;1H. The second-order valence-electron chi connectivity index (χ2n) is 7.71. The van der Waals surface area contributed by atoms with Crippen LogP contribution in [0.25, 0.3) is 10.2 Å². The van der Waals surface area contributed by atoms with Crippen molar-refractivity contribution in [2.24, 2.45) is 0 Å². The van der Waals surface area contributed by atoms with Crippen molar-refractivity contribution in [1.29, 1.82) is 0 Å². The van der Waals surface area contributed by atoms with Crippen LogP contribution in [-0.4, -0.2) is 39.5 Å². The number of aliphatic hydroxyl groups excluding tert-OH is 1. The first-order valence-corrected chi connectivity index (χ1v) is 12.8. The number of aromatic nitrogens is 2. The van der Waals surface area contributed by atoms with Gasteiger partial charge < -0.3 is 20.9 Å². The summed E-state index contributed by atoms with van der Waals surface area (Å²) in [6.07, 6.45) is 5.45. The maximum atomic E-state index is 11.9. The number of H-pyrrole nitrogens is 1.